The van der Waals surface area contributed by atoms with Crippen LogP contribution >= 0.6 is 0 Å². The highest BCUT2D eigenvalue weighted by molar-refractivity contribution is 5.94. The molecular weight excluding hydrogens is 526 g/mol. The second kappa shape index (κ2) is 13.2. The Balaban J connectivity index is 1.41. The van der Waals surface area contributed by atoms with Gasteiger partial charge < -0.3 is 20.6 Å². The number of amides is 3. The number of carboxylic acid groups (broad SMARTS) is 1. The number of fused-ring (bicyclic) bond motifs is 1. The van der Waals surface area contributed by atoms with Crippen molar-refractivity contribution in [2.45, 2.75) is 38.8 Å². The summed E-state index contributed by atoms with van der Waals surface area (Å²) < 4.78 is 0. The van der Waals surface area contributed by atoms with E-state index in [0.29, 0.717) is 12.2 Å². The maximum absolute atomic E-state index is 14.0. The molecule has 5 rings (SSSR count). The number of carbonyl (C=O) groups is 3. The van der Waals surface area contributed by atoms with Gasteiger partial charge in [0.25, 0.3) is 0 Å². The summed E-state index contributed by atoms with van der Waals surface area (Å²) in [6.07, 6.45) is 2.74. The fourth-order valence-corrected chi connectivity index (χ4v) is 5.87. The molecule has 1 aliphatic carbocycles. The number of rotatable bonds is 9. The summed E-state index contributed by atoms with van der Waals surface area (Å²) in [5, 5.41) is 14.6. The zero-order valence-corrected chi connectivity index (χ0v) is 23.6. The molecule has 0 saturated carbocycles. The molecular formula is C35H35N3O4. The highest BCUT2D eigenvalue weighted by Crippen LogP contribution is 2.41. The molecule has 214 valence electrons. The van der Waals surface area contributed by atoms with Gasteiger partial charge in [-0.1, -0.05) is 90.5 Å². The summed E-state index contributed by atoms with van der Waals surface area (Å²) in [4.78, 5) is 40.0. The molecule has 0 heterocycles. The lowest BCUT2D eigenvalue weighted by molar-refractivity contribution is -0.135. The highest BCUT2D eigenvalue weighted by Gasteiger charge is 2.36. The maximum Gasteiger partial charge on any atom is 0.335 e. The van der Waals surface area contributed by atoms with Crippen molar-refractivity contribution in [1.82, 2.24) is 10.2 Å². The van der Waals surface area contributed by atoms with E-state index in [-0.39, 0.29) is 30.0 Å². The van der Waals surface area contributed by atoms with E-state index in [2.05, 4.69) is 54.0 Å². The molecule has 42 heavy (non-hydrogen) atoms. The monoisotopic (exact) mass is 561 g/mol. The Morgan fingerprint density at radius 1 is 0.857 bits per heavy atom. The third-order valence-corrected chi connectivity index (χ3v) is 7.80. The first-order valence-electron chi connectivity index (χ1n) is 14.2. The molecule has 7 nitrogen and oxygen atoms in total. The highest BCUT2D eigenvalue weighted by atomic mass is 16.4. The first-order valence-corrected chi connectivity index (χ1v) is 14.2. The van der Waals surface area contributed by atoms with E-state index in [9.17, 15) is 19.5 Å². The first-order chi connectivity index (χ1) is 20.4. The topological polar surface area (TPSA) is 98.7 Å². The van der Waals surface area contributed by atoms with Crippen LogP contribution in [0.5, 0.6) is 0 Å². The van der Waals surface area contributed by atoms with Crippen LogP contribution in [0.3, 0.4) is 0 Å². The number of hydrogen-bond acceptors (Lipinski definition) is 3. The van der Waals surface area contributed by atoms with Gasteiger partial charge in [0.1, 0.15) is 0 Å². The Kier molecular flexibility index (Phi) is 8.97. The molecule has 4 aromatic rings. The lowest BCUT2D eigenvalue weighted by atomic mass is 9.76. The van der Waals surface area contributed by atoms with Gasteiger partial charge >= 0.3 is 12.0 Å². The molecule has 0 spiro atoms. The third kappa shape index (κ3) is 7.04. The smallest absolute Gasteiger partial charge is 0.335 e. The SMILES string of the molecule is Cc1cccc(CC2CCc3ccccc3C2N(Cc2ccccc2)C(=O)CNC(=O)Nc2cccc(C(=O)O)c2)c1. The zero-order chi connectivity index (χ0) is 29.5. The van der Waals surface area contributed by atoms with E-state index in [1.54, 1.807) is 12.1 Å². The van der Waals surface area contributed by atoms with E-state index in [0.717, 1.165) is 30.4 Å². The summed E-state index contributed by atoms with van der Waals surface area (Å²) in [5.41, 5.74) is 6.27. The lowest BCUT2D eigenvalue weighted by Crippen LogP contribution is -2.46. The second-order valence-electron chi connectivity index (χ2n) is 10.8. The van der Waals surface area contributed by atoms with Gasteiger partial charge in [-0.15, -0.1) is 0 Å². The Bertz CT molecular complexity index is 1570. The summed E-state index contributed by atoms with van der Waals surface area (Å²) in [7, 11) is 0. The molecule has 0 aromatic heterocycles. The maximum atomic E-state index is 14.0. The van der Waals surface area contributed by atoms with Crippen LogP contribution in [0.15, 0.2) is 103 Å². The van der Waals surface area contributed by atoms with Crippen molar-refractivity contribution in [3.63, 3.8) is 0 Å². The van der Waals surface area contributed by atoms with Crippen molar-refractivity contribution in [3.8, 4) is 0 Å². The van der Waals surface area contributed by atoms with Crippen molar-refractivity contribution in [2.75, 3.05) is 11.9 Å². The molecule has 0 fully saturated rings. The average Bonchev–Trinajstić information content (AvgIpc) is 2.99. The summed E-state index contributed by atoms with van der Waals surface area (Å²) in [5.74, 6) is -1.08. The molecule has 2 unspecified atom stereocenters. The minimum atomic E-state index is -1.08. The van der Waals surface area contributed by atoms with E-state index in [1.165, 1.54) is 28.8 Å². The Morgan fingerprint density at radius 2 is 1.60 bits per heavy atom. The number of aromatic carboxylic acids is 1. The minimum Gasteiger partial charge on any atom is -0.478 e. The van der Waals surface area contributed by atoms with Crippen LogP contribution in [0, 0.1) is 12.8 Å². The number of carbonyl (C=O) groups excluding carboxylic acids is 2. The van der Waals surface area contributed by atoms with Gasteiger partial charge in [-0.3, -0.25) is 4.79 Å². The fraction of sp³-hybridized carbons (Fsp3) is 0.229. The van der Waals surface area contributed by atoms with Gasteiger partial charge in [0.15, 0.2) is 0 Å². The van der Waals surface area contributed by atoms with Crippen LogP contribution < -0.4 is 10.6 Å². The van der Waals surface area contributed by atoms with E-state index in [4.69, 9.17) is 0 Å². The lowest BCUT2D eigenvalue weighted by Gasteiger charge is -2.42. The molecule has 0 radical (unpaired) electrons. The third-order valence-electron chi connectivity index (χ3n) is 7.80. The normalized spacial score (nSPS) is 15.7. The van der Waals surface area contributed by atoms with Gasteiger partial charge in [-0.25, -0.2) is 9.59 Å². The van der Waals surface area contributed by atoms with Crippen molar-refractivity contribution < 1.29 is 19.5 Å². The Labute approximate surface area is 246 Å². The van der Waals surface area contributed by atoms with E-state index < -0.39 is 12.0 Å². The molecule has 3 N–H and O–H groups in total. The van der Waals surface area contributed by atoms with Crippen LogP contribution in [-0.2, 0) is 24.2 Å². The zero-order valence-electron chi connectivity index (χ0n) is 23.6. The second-order valence-corrected chi connectivity index (χ2v) is 10.8. The molecule has 2 atom stereocenters. The Hall–Kier alpha value is -4.91. The molecule has 0 aliphatic heterocycles. The number of anilines is 1. The van der Waals surface area contributed by atoms with Crippen LogP contribution in [-0.4, -0.2) is 34.5 Å². The van der Waals surface area contributed by atoms with Crippen LogP contribution in [0.1, 0.15) is 50.6 Å². The standard InChI is InChI=1S/C35H35N3O4/c1-24-9-7-12-26(19-24)20-28-18-17-27-13-5-6-16-31(27)33(28)38(23-25-10-3-2-4-11-25)32(39)22-36-35(42)37-30-15-8-14-29(21-30)34(40)41/h2-16,19,21,28,33H,17-18,20,22-23H2,1H3,(H,40,41)(H2,36,37,42). The largest absolute Gasteiger partial charge is 0.478 e. The van der Waals surface area contributed by atoms with Crippen LogP contribution in [0.4, 0.5) is 10.5 Å². The quantitative estimate of drug-likeness (QED) is 0.221. The van der Waals surface area contributed by atoms with Gasteiger partial charge in [0.2, 0.25) is 5.91 Å². The number of aryl methyl sites for hydroxylation is 2. The molecule has 7 heteroatoms. The van der Waals surface area contributed by atoms with Crippen LogP contribution in [0.25, 0.3) is 0 Å². The number of benzene rings is 4. The van der Waals surface area contributed by atoms with Gasteiger partial charge in [-0.2, -0.15) is 0 Å². The predicted molar refractivity (Wildman–Crippen MR) is 163 cm³/mol. The molecule has 3 amide bonds. The summed E-state index contributed by atoms with van der Waals surface area (Å²) >= 11 is 0. The predicted octanol–water partition coefficient (Wildman–Crippen LogP) is 6.39. The first kappa shape index (κ1) is 28.6. The van der Waals surface area contributed by atoms with E-state index in [1.807, 2.05) is 47.4 Å². The number of urea groups is 1. The number of nitrogens with zero attached hydrogens (tertiary/aromatic N) is 1. The van der Waals surface area contributed by atoms with Crippen molar-refractivity contribution >= 4 is 23.6 Å². The number of hydrogen-bond donors (Lipinski definition) is 3. The van der Waals surface area contributed by atoms with Gasteiger partial charge in [-0.05, 0) is 72.6 Å². The number of nitrogens with one attached hydrogen (secondary N) is 2. The van der Waals surface area contributed by atoms with E-state index >= 15 is 0 Å². The molecule has 1 aliphatic rings. The van der Waals surface area contributed by atoms with Crippen molar-refractivity contribution in [1.29, 1.82) is 0 Å². The molecule has 0 bridgehead atoms. The van der Waals surface area contributed by atoms with Gasteiger partial charge in [0.05, 0.1) is 18.2 Å². The Morgan fingerprint density at radius 3 is 2.38 bits per heavy atom. The molecule has 0 saturated heterocycles. The molecule has 4 aromatic carbocycles. The van der Waals surface area contributed by atoms with Crippen molar-refractivity contribution in [2.24, 2.45) is 5.92 Å². The van der Waals surface area contributed by atoms with Crippen LogP contribution in [0.2, 0.25) is 0 Å². The fourth-order valence-electron chi connectivity index (χ4n) is 5.87. The van der Waals surface area contributed by atoms with Crippen molar-refractivity contribution in [3.05, 3.63) is 137 Å². The number of carboxylic acids is 1. The average molecular weight is 562 g/mol. The summed E-state index contributed by atoms with van der Waals surface area (Å²) in [6, 6.07) is 32.0. The minimum absolute atomic E-state index is 0.0635. The summed E-state index contributed by atoms with van der Waals surface area (Å²) in [6.45, 7) is 2.30. The van der Waals surface area contributed by atoms with Gasteiger partial charge in [0, 0.05) is 12.2 Å².